The standard InChI is InChI=1S/C24H42OS/c1-18(2)22-14-20(15-23(16-22)8-5-11-25-23)13-19(3)21-7-4-9-24(17-21)10-6-12-26-24/h18-22H,4-17H2,1-3H3. The maximum absolute atomic E-state index is 6.39. The van der Waals surface area contributed by atoms with Gasteiger partial charge in [0.2, 0.25) is 0 Å². The van der Waals surface area contributed by atoms with Crippen LogP contribution in [-0.4, -0.2) is 22.7 Å². The van der Waals surface area contributed by atoms with Crippen LogP contribution in [0.3, 0.4) is 0 Å². The molecule has 0 N–H and O–H groups in total. The molecule has 4 fully saturated rings. The molecule has 2 aliphatic carbocycles. The first-order valence-electron chi connectivity index (χ1n) is 11.8. The fourth-order valence-corrected chi connectivity index (χ4v) is 8.76. The minimum atomic E-state index is 0.271. The Labute approximate surface area is 166 Å². The number of ether oxygens (including phenoxy) is 1. The molecule has 150 valence electrons. The van der Waals surface area contributed by atoms with Crippen molar-refractivity contribution in [3.63, 3.8) is 0 Å². The summed E-state index contributed by atoms with van der Waals surface area (Å²) in [5.74, 6) is 5.97. The summed E-state index contributed by atoms with van der Waals surface area (Å²) < 4.78 is 7.09. The highest BCUT2D eigenvalue weighted by atomic mass is 32.2. The second kappa shape index (κ2) is 7.97. The Hall–Kier alpha value is 0.310. The Balaban J connectivity index is 1.38. The van der Waals surface area contributed by atoms with Gasteiger partial charge in [-0.05, 0) is 99.6 Å². The van der Waals surface area contributed by atoms with Gasteiger partial charge in [0.25, 0.3) is 0 Å². The van der Waals surface area contributed by atoms with Crippen LogP contribution in [0.2, 0.25) is 0 Å². The van der Waals surface area contributed by atoms with E-state index in [-0.39, 0.29) is 5.60 Å². The number of rotatable bonds is 4. The lowest BCUT2D eigenvalue weighted by Gasteiger charge is -2.45. The van der Waals surface area contributed by atoms with E-state index in [1.165, 1.54) is 82.8 Å². The second-order valence-corrected chi connectivity index (χ2v) is 12.4. The van der Waals surface area contributed by atoms with Gasteiger partial charge < -0.3 is 4.74 Å². The Morgan fingerprint density at radius 1 is 0.962 bits per heavy atom. The summed E-state index contributed by atoms with van der Waals surface area (Å²) in [5.41, 5.74) is 0.271. The van der Waals surface area contributed by atoms with E-state index in [4.69, 9.17) is 4.74 Å². The molecule has 1 nitrogen and oxygen atoms in total. The van der Waals surface area contributed by atoms with Crippen molar-refractivity contribution in [3.8, 4) is 0 Å². The van der Waals surface area contributed by atoms with Crippen molar-refractivity contribution >= 4 is 11.8 Å². The van der Waals surface area contributed by atoms with E-state index in [0.717, 1.165) is 36.2 Å². The lowest BCUT2D eigenvalue weighted by Crippen LogP contribution is -2.41. The fourth-order valence-electron chi connectivity index (χ4n) is 7.13. The molecule has 2 spiro atoms. The summed E-state index contributed by atoms with van der Waals surface area (Å²) in [6, 6.07) is 0. The highest BCUT2D eigenvalue weighted by Gasteiger charge is 2.45. The molecule has 0 aromatic rings. The Morgan fingerprint density at radius 2 is 1.81 bits per heavy atom. The molecule has 0 radical (unpaired) electrons. The monoisotopic (exact) mass is 378 g/mol. The quantitative estimate of drug-likeness (QED) is 0.516. The van der Waals surface area contributed by atoms with Crippen LogP contribution in [0.15, 0.2) is 0 Å². The first kappa shape index (κ1) is 19.6. The predicted octanol–water partition coefficient (Wildman–Crippen LogP) is 7.09. The molecule has 6 unspecified atom stereocenters. The van der Waals surface area contributed by atoms with Crippen molar-refractivity contribution in [3.05, 3.63) is 0 Å². The molecule has 2 aliphatic heterocycles. The molecule has 2 heteroatoms. The summed E-state index contributed by atoms with van der Waals surface area (Å²) in [6.07, 6.45) is 17.3. The Bertz CT molecular complexity index is 461. The van der Waals surface area contributed by atoms with E-state index in [1.807, 2.05) is 0 Å². The maximum Gasteiger partial charge on any atom is 0.0688 e. The van der Waals surface area contributed by atoms with Gasteiger partial charge in [-0.25, -0.2) is 0 Å². The van der Waals surface area contributed by atoms with Crippen LogP contribution in [0.1, 0.15) is 97.8 Å². The largest absolute Gasteiger partial charge is 0.375 e. The third kappa shape index (κ3) is 4.17. The molecule has 6 atom stereocenters. The lowest BCUT2D eigenvalue weighted by atomic mass is 9.64. The molecule has 4 rings (SSSR count). The molecule has 0 aromatic heterocycles. The molecule has 2 saturated carbocycles. The summed E-state index contributed by atoms with van der Waals surface area (Å²) in [6.45, 7) is 8.52. The van der Waals surface area contributed by atoms with Crippen molar-refractivity contribution in [1.29, 1.82) is 0 Å². The fraction of sp³-hybridized carbons (Fsp3) is 1.00. The zero-order valence-corrected chi connectivity index (χ0v) is 18.4. The van der Waals surface area contributed by atoms with E-state index in [0.29, 0.717) is 4.75 Å². The van der Waals surface area contributed by atoms with Crippen LogP contribution >= 0.6 is 11.8 Å². The molecule has 4 aliphatic rings. The number of hydrogen-bond acceptors (Lipinski definition) is 2. The van der Waals surface area contributed by atoms with Gasteiger partial charge in [-0.15, -0.1) is 0 Å². The minimum absolute atomic E-state index is 0.271. The first-order chi connectivity index (χ1) is 12.5. The second-order valence-electron chi connectivity index (χ2n) is 10.9. The third-order valence-electron chi connectivity index (χ3n) is 8.60. The summed E-state index contributed by atoms with van der Waals surface area (Å²) in [7, 11) is 0. The molecule has 0 aromatic carbocycles. The molecule has 0 bridgehead atoms. The van der Waals surface area contributed by atoms with Crippen LogP contribution < -0.4 is 0 Å². The van der Waals surface area contributed by atoms with E-state index in [9.17, 15) is 0 Å². The summed E-state index contributed by atoms with van der Waals surface area (Å²) in [4.78, 5) is 0. The van der Waals surface area contributed by atoms with E-state index >= 15 is 0 Å². The molecule has 26 heavy (non-hydrogen) atoms. The van der Waals surface area contributed by atoms with Crippen molar-refractivity contribution in [2.24, 2.45) is 29.6 Å². The highest BCUT2D eigenvalue weighted by Crippen LogP contribution is 2.53. The van der Waals surface area contributed by atoms with E-state index in [2.05, 4.69) is 32.5 Å². The number of hydrogen-bond donors (Lipinski definition) is 0. The molecule has 0 amide bonds. The van der Waals surface area contributed by atoms with Gasteiger partial charge in [0.1, 0.15) is 0 Å². The van der Waals surface area contributed by atoms with Crippen LogP contribution in [0.5, 0.6) is 0 Å². The molecular weight excluding hydrogens is 336 g/mol. The van der Waals surface area contributed by atoms with Gasteiger partial charge in [-0.3, -0.25) is 0 Å². The normalized spacial score (nSPS) is 45.0. The van der Waals surface area contributed by atoms with Crippen molar-refractivity contribution in [1.82, 2.24) is 0 Å². The lowest BCUT2D eigenvalue weighted by molar-refractivity contribution is -0.0692. The molecular formula is C24H42OS. The van der Waals surface area contributed by atoms with Crippen molar-refractivity contribution < 1.29 is 4.74 Å². The van der Waals surface area contributed by atoms with Gasteiger partial charge in [0.05, 0.1) is 5.60 Å². The smallest absolute Gasteiger partial charge is 0.0688 e. The molecule has 2 saturated heterocycles. The number of thioether (sulfide) groups is 1. The average molecular weight is 379 g/mol. The minimum Gasteiger partial charge on any atom is -0.375 e. The van der Waals surface area contributed by atoms with Gasteiger partial charge in [0.15, 0.2) is 0 Å². The predicted molar refractivity (Wildman–Crippen MR) is 114 cm³/mol. The van der Waals surface area contributed by atoms with Gasteiger partial charge >= 0.3 is 0 Å². The van der Waals surface area contributed by atoms with Crippen LogP contribution in [0, 0.1) is 29.6 Å². The van der Waals surface area contributed by atoms with Gasteiger partial charge in [-0.1, -0.05) is 33.6 Å². The van der Waals surface area contributed by atoms with Crippen LogP contribution in [0.4, 0.5) is 0 Å². The van der Waals surface area contributed by atoms with E-state index in [1.54, 1.807) is 0 Å². The van der Waals surface area contributed by atoms with Crippen molar-refractivity contribution in [2.75, 3.05) is 12.4 Å². The third-order valence-corrected chi connectivity index (χ3v) is 10.3. The van der Waals surface area contributed by atoms with Gasteiger partial charge in [0, 0.05) is 11.4 Å². The average Bonchev–Trinajstić information content (AvgIpc) is 3.24. The zero-order chi connectivity index (χ0) is 18.2. The van der Waals surface area contributed by atoms with E-state index < -0.39 is 0 Å². The summed E-state index contributed by atoms with van der Waals surface area (Å²) >= 11 is 2.33. The highest BCUT2D eigenvalue weighted by molar-refractivity contribution is 8.00. The Kier molecular flexibility index (Phi) is 6.02. The zero-order valence-electron chi connectivity index (χ0n) is 17.6. The van der Waals surface area contributed by atoms with Crippen LogP contribution in [-0.2, 0) is 4.74 Å². The Morgan fingerprint density at radius 3 is 2.50 bits per heavy atom. The van der Waals surface area contributed by atoms with Crippen molar-refractivity contribution in [2.45, 2.75) is 108 Å². The molecule has 2 heterocycles. The topological polar surface area (TPSA) is 9.23 Å². The van der Waals surface area contributed by atoms with Gasteiger partial charge in [-0.2, -0.15) is 11.8 Å². The SMILES string of the molecule is CC(C)C1CC(CC(C)C2CCCC3(CCCS3)C2)CC2(CCCO2)C1. The van der Waals surface area contributed by atoms with Crippen LogP contribution in [0.25, 0.3) is 0 Å². The summed E-state index contributed by atoms with van der Waals surface area (Å²) in [5, 5.41) is 0. The maximum atomic E-state index is 6.39. The first-order valence-corrected chi connectivity index (χ1v) is 12.8.